The van der Waals surface area contributed by atoms with Crippen molar-refractivity contribution in [3.63, 3.8) is 0 Å². The summed E-state index contributed by atoms with van der Waals surface area (Å²) in [7, 11) is 1.41. The number of rotatable bonds is 8. The number of amides is 1. The molecule has 0 aliphatic carbocycles. The Morgan fingerprint density at radius 1 is 1.06 bits per heavy atom. The van der Waals surface area contributed by atoms with Gasteiger partial charge in [-0.3, -0.25) is 4.79 Å². The maximum Gasteiger partial charge on any atom is 0.340 e. The zero-order valence-electron chi connectivity index (χ0n) is 19.8. The van der Waals surface area contributed by atoms with Crippen molar-refractivity contribution in [2.45, 2.75) is 50.0 Å². The van der Waals surface area contributed by atoms with E-state index in [2.05, 4.69) is 5.32 Å². The summed E-state index contributed by atoms with van der Waals surface area (Å²) in [5, 5.41) is 34.8. The van der Waals surface area contributed by atoms with Gasteiger partial charge in [0.25, 0.3) is 0 Å². The highest BCUT2D eigenvalue weighted by atomic mass is 16.8. The van der Waals surface area contributed by atoms with Crippen LogP contribution in [0.3, 0.4) is 0 Å². The molecule has 0 aromatic heterocycles. The number of hydrogen-bond acceptors (Lipinski definition) is 9. The SMILES string of the molecule is COC[C@@H]1O[C@H](O[C@H]2OC(=O)C([C@H](O)c3ccccc3)=C2c2ccccc2)[C@H](NC(C)=O)[C@@H](O)[C@@H]1O. The van der Waals surface area contributed by atoms with Crippen molar-refractivity contribution in [1.29, 1.82) is 0 Å². The van der Waals surface area contributed by atoms with E-state index in [1.807, 2.05) is 0 Å². The van der Waals surface area contributed by atoms with E-state index >= 15 is 0 Å². The number of cyclic esters (lactones) is 1. The molecule has 4 N–H and O–H groups in total. The summed E-state index contributed by atoms with van der Waals surface area (Å²) in [6.45, 7) is 1.19. The third-order valence-electron chi connectivity index (χ3n) is 6.09. The first kappa shape index (κ1) is 26.0. The number of aliphatic hydroxyl groups is 3. The lowest BCUT2D eigenvalue weighted by atomic mass is 9.93. The average Bonchev–Trinajstić information content (AvgIpc) is 3.20. The quantitative estimate of drug-likeness (QED) is 0.385. The summed E-state index contributed by atoms with van der Waals surface area (Å²) in [4.78, 5) is 24.9. The van der Waals surface area contributed by atoms with Gasteiger partial charge in [0.15, 0.2) is 6.29 Å². The van der Waals surface area contributed by atoms with E-state index in [4.69, 9.17) is 18.9 Å². The van der Waals surface area contributed by atoms with Crippen molar-refractivity contribution in [2.75, 3.05) is 13.7 Å². The highest BCUT2D eigenvalue weighted by Crippen LogP contribution is 2.40. The highest BCUT2D eigenvalue weighted by molar-refractivity contribution is 6.03. The first-order valence-electron chi connectivity index (χ1n) is 11.5. The van der Waals surface area contributed by atoms with Gasteiger partial charge in [0.1, 0.15) is 30.5 Å². The minimum absolute atomic E-state index is 0.00156. The minimum Gasteiger partial charge on any atom is -0.428 e. The summed E-state index contributed by atoms with van der Waals surface area (Å²) in [6, 6.07) is 16.3. The number of aliphatic hydroxyl groups excluding tert-OH is 3. The molecule has 2 aliphatic heterocycles. The molecule has 7 atom stereocenters. The summed E-state index contributed by atoms with van der Waals surface area (Å²) in [5.41, 5.74) is 1.34. The van der Waals surface area contributed by atoms with Crippen molar-refractivity contribution in [2.24, 2.45) is 0 Å². The van der Waals surface area contributed by atoms with E-state index in [-0.39, 0.29) is 17.8 Å². The summed E-state index contributed by atoms with van der Waals surface area (Å²) >= 11 is 0. The van der Waals surface area contributed by atoms with E-state index in [9.17, 15) is 24.9 Å². The number of nitrogens with one attached hydrogen (secondary N) is 1. The lowest BCUT2D eigenvalue weighted by Gasteiger charge is -2.43. The standard InChI is InChI=1S/C26H29NO9/c1-14(28)27-20-23(31)22(30)17(13-33-2)34-26(20)36-25-18(15-9-5-3-6-10-15)19(24(32)35-25)21(29)16-11-7-4-8-12-16/h3-12,17,20-23,25-26,29-31H,13H2,1-2H3,(H,27,28)/t17-,20+,21+,22+,23+,25+,26+/m0/s1. The molecule has 36 heavy (non-hydrogen) atoms. The molecule has 0 radical (unpaired) electrons. The number of benzene rings is 2. The molecule has 0 saturated carbocycles. The Morgan fingerprint density at radius 2 is 1.69 bits per heavy atom. The Hall–Kier alpha value is -3.12. The molecular formula is C26H29NO9. The number of methoxy groups -OCH3 is 1. The number of ether oxygens (including phenoxy) is 4. The molecule has 2 heterocycles. The van der Waals surface area contributed by atoms with Crippen LogP contribution in [0.2, 0.25) is 0 Å². The van der Waals surface area contributed by atoms with Crippen LogP contribution in [-0.2, 0) is 28.5 Å². The average molecular weight is 500 g/mol. The topological polar surface area (TPSA) is 144 Å². The Bertz CT molecular complexity index is 1090. The second-order valence-corrected chi connectivity index (χ2v) is 8.59. The molecule has 10 nitrogen and oxygen atoms in total. The Morgan fingerprint density at radius 3 is 2.31 bits per heavy atom. The number of hydrogen-bond donors (Lipinski definition) is 4. The molecule has 2 aromatic carbocycles. The van der Waals surface area contributed by atoms with E-state index in [0.717, 1.165) is 0 Å². The van der Waals surface area contributed by atoms with Gasteiger partial charge in [0, 0.05) is 19.6 Å². The van der Waals surface area contributed by atoms with Crippen LogP contribution in [0.5, 0.6) is 0 Å². The van der Waals surface area contributed by atoms with Crippen LogP contribution >= 0.6 is 0 Å². The zero-order valence-corrected chi connectivity index (χ0v) is 19.8. The fourth-order valence-corrected chi connectivity index (χ4v) is 4.38. The van der Waals surface area contributed by atoms with Gasteiger partial charge >= 0.3 is 5.97 Å². The largest absolute Gasteiger partial charge is 0.428 e. The van der Waals surface area contributed by atoms with Gasteiger partial charge < -0.3 is 39.6 Å². The van der Waals surface area contributed by atoms with Crippen LogP contribution in [0.25, 0.3) is 5.57 Å². The Labute approximate surface area is 208 Å². The Kier molecular flexibility index (Phi) is 8.14. The monoisotopic (exact) mass is 499 g/mol. The van der Waals surface area contributed by atoms with Gasteiger partial charge in [0.05, 0.1) is 12.2 Å². The molecular weight excluding hydrogens is 470 g/mol. The van der Waals surface area contributed by atoms with Gasteiger partial charge in [-0.15, -0.1) is 0 Å². The van der Waals surface area contributed by atoms with E-state index in [0.29, 0.717) is 11.1 Å². The maximum atomic E-state index is 13.0. The van der Waals surface area contributed by atoms with Crippen LogP contribution < -0.4 is 5.32 Å². The predicted molar refractivity (Wildman–Crippen MR) is 126 cm³/mol. The summed E-state index contributed by atoms with van der Waals surface area (Å²) in [6.07, 6.45) is -7.75. The van der Waals surface area contributed by atoms with Gasteiger partial charge in [0.2, 0.25) is 12.2 Å². The molecule has 2 aliphatic rings. The highest BCUT2D eigenvalue weighted by Gasteiger charge is 2.49. The van der Waals surface area contributed by atoms with E-state index in [1.165, 1.54) is 14.0 Å². The number of carbonyl (C=O) groups is 2. The fourth-order valence-electron chi connectivity index (χ4n) is 4.38. The summed E-state index contributed by atoms with van der Waals surface area (Å²) in [5.74, 6) is -1.27. The van der Waals surface area contributed by atoms with Crippen LogP contribution in [-0.4, -0.2) is 77.8 Å². The fraction of sp³-hybridized carbons (Fsp3) is 0.385. The molecule has 192 valence electrons. The second kappa shape index (κ2) is 11.3. The van der Waals surface area contributed by atoms with Crippen LogP contribution in [0.1, 0.15) is 24.2 Å². The zero-order chi connectivity index (χ0) is 25.8. The van der Waals surface area contributed by atoms with E-state index in [1.54, 1.807) is 60.7 Å². The van der Waals surface area contributed by atoms with Gasteiger partial charge in [-0.1, -0.05) is 60.7 Å². The van der Waals surface area contributed by atoms with Crippen LogP contribution in [0.15, 0.2) is 66.2 Å². The maximum absolute atomic E-state index is 13.0. The van der Waals surface area contributed by atoms with Crippen molar-refractivity contribution >= 4 is 17.4 Å². The Balaban J connectivity index is 1.72. The van der Waals surface area contributed by atoms with Crippen LogP contribution in [0.4, 0.5) is 0 Å². The molecule has 0 unspecified atom stereocenters. The molecule has 10 heteroatoms. The van der Waals surface area contributed by atoms with Crippen LogP contribution in [0, 0.1) is 0 Å². The molecule has 0 bridgehead atoms. The van der Waals surface area contributed by atoms with Gasteiger partial charge in [-0.05, 0) is 11.1 Å². The normalized spacial score (nSPS) is 29.1. The molecule has 2 aromatic rings. The summed E-state index contributed by atoms with van der Waals surface area (Å²) < 4.78 is 22.5. The molecule has 1 fully saturated rings. The minimum atomic E-state index is -1.46. The number of esters is 1. The van der Waals surface area contributed by atoms with Gasteiger partial charge in [-0.2, -0.15) is 0 Å². The van der Waals surface area contributed by atoms with Gasteiger partial charge in [-0.25, -0.2) is 4.79 Å². The van der Waals surface area contributed by atoms with Crippen molar-refractivity contribution in [3.8, 4) is 0 Å². The van der Waals surface area contributed by atoms with Crippen molar-refractivity contribution in [3.05, 3.63) is 77.4 Å². The first-order valence-corrected chi connectivity index (χ1v) is 11.5. The lowest BCUT2D eigenvalue weighted by molar-refractivity contribution is -0.297. The first-order chi connectivity index (χ1) is 17.3. The lowest BCUT2D eigenvalue weighted by Crippen LogP contribution is -2.65. The third kappa shape index (κ3) is 5.34. The van der Waals surface area contributed by atoms with Crippen molar-refractivity contribution in [1.82, 2.24) is 5.32 Å². The molecule has 4 rings (SSSR count). The van der Waals surface area contributed by atoms with E-state index < -0.39 is 54.9 Å². The smallest absolute Gasteiger partial charge is 0.340 e. The molecule has 1 saturated heterocycles. The van der Waals surface area contributed by atoms with Crippen molar-refractivity contribution < 1.29 is 43.9 Å². The number of carbonyl (C=O) groups excluding carboxylic acids is 2. The predicted octanol–water partition coefficient (Wildman–Crippen LogP) is 0.671. The third-order valence-corrected chi connectivity index (χ3v) is 6.09. The molecule has 1 amide bonds. The molecule has 0 spiro atoms. The second-order valence-electron chi connectivity index (χ2n) is 8.59.